The molecule has 1 rings (SSSR count). The van der Waals surface area contributed by atoms with E-state index >= 15 is 0 Å². The van der Waals surface area contributed by atoms with Crippen molar-refractivity contribution in [2.75, 3.05) is 6.61 Å². The van der Waals surface area contributed by atoms with Crippen LogP contribution in [-0.4, -0.2) is 42.6 Å². The van der Waals surface area contributed by atoms with Gasteiger partial charge in [0.15, 0.2) is 11.5 Å². The third-order valence-corrected chi connectivity index (χ3v) is 4.61. The van der Waals surface area contributed by atoms with Gasteiger partial charge in [0, 0.05) is 19.3 Å². The van der Waals surface area contributed by atoms with Crippen LogP contribution in [0.1, 0.15) is 72.8 Å². The molecule has 0 bridgehead atoms. The van der Waals surface area contributed by atoms with E-state index in [1.807, 2.05) is 34.6 Å². The first-order chi connectivity index (χ1) is 16.4. The second-order valence-electron chi connectivity index (χ2n) is 9.42. The molecule has 0 unspecified atom stereocenters. The molecule has 0 fully saturated rings. The Morgan fingerprint density at radius 3 is 1.97 bits per heavy atom. The van der Waals surface area contributed by atoms with E-state index in [-0.39, 0.29) is 55.2 Å². The molecule has 0 saturated carbocycles. The van der Waals surface area contributed by atoms with Crippen LogP contribution in [0.2, 0.25) is 0 Å². The van der Waals surface area contributed by atoms with Gasteiger partial charge >= 0.3 is 23.9 Å². The Kier molecular flexibility index (Phi) is 13.0. The number of carbonyl (C=O) groups is 4. The van der Waals surface area contributed by atoms with Crippen LogP contribution in [0.5, 0.6) is 11.5 Å². The molecule has 196 valence electrons. The van der Waals surface area contributed by atoms with Gasteiger partial charge < -0.3 is 24.7 Å². The molecular weight excluding hydrogens is 454 g/mol. The second kappa shape index (κ2) is 15.1. The zero-order chi connectivity index (χ0) is 26.5. The molecule has 0 amide bonds. The molecular formula is C26H39NO8. The highest BCUT2D eigenvalue weighted by molar-refractivity contribution is 5.77. The average molecular weight is 494 g/mol. The van der Waals surface area contributed by atoms with Crippen molar-refractivity contribution in [3.63, 3.8) is 0 Å². The maximum Gasteiger partial charge on any atom is 0.323 e. The summed E-state index contributed by atoms with van der Waals surface area (Å²) in [6, 6.07) is 3.68. The van der Waals surface area contributed by atoms with Crippen molar-refractivity contribution >= 4 is 23.9 Å². The lowest BCUT2D eigenvalue weighted by atomic mass is 10.1. The van der Waals surface area contributed by atoms with E-state index in [0.717, 1.165) is 0 Å². The van der Waals surface area contributed by atoms with Gasteiger partial charge in [-0.25, -0.2) is 0 Å². The van der Waals surface area contributed by atoms with Crippen LogP contribution < -0.4 is 15.2 Å². The number of esters is 4. The van der Waals surface area contributed by atoms with E-state index in [1.54, 1.807) is 13.0 Å². The Morgan fingerprint density at radius 2 is 1.43 bits per heavy atom. The van der Waals surface area contributed by atoms with Gasteiger partial charge in [0.1, 0.15) is 18.8 Å². The van der Waals surface area contributed by atoms with Crippen molar-refractivity contribution < 1.29 is 38.1 Å². The molecule has 35 heavy (non-hydrogen) atoms. The summed E-state index contributed by atoms with van der Waals surface area (Å²) >= 11 is 0. The van der Waals surface area contributed by atoms with Gasteiger partial charge in [0.25, 0.3) is 0 Å². The van der Waals surface area contributed by atoms with Crippen LogP contribution in [0.4, 0.5) is 0 Å². The molecule has 1 aromatic carbocycles. The third-order valence-electron chi connectivity index (χ3n) is 4.61. The zero-order valence-corrected chi connectivity index (χ0v) is 21.6. The molecule has 2 N–H and O–H groups in total. The SMILES string of the molecule is CCCC(=O)O[C@@H](C)COC(=O)[C@@H](N)Cc1ccc(OC(=O)CC(C)C)c(OC(=O)CC(C)C)c1. The van der Waals surface area contributed by atoms with E-state index in [9.17, 15) is 19.2 Å². The van der Waals surface area contributed by atoms with Crippen LogP contribution in [0.3, 0.4) is 0 Å². The summed E-state index contributed by atoms with van der Waals surface area (Å²) in [7, 11) is 0. The predicted molar refractivity (Wildman–Crippen MR) is 130 cm³/mol. The minimum absolute atomic E-state index is 0.0854. The van der Waals surface area contributed by atoms with Gasteiger partial charge in [-0.2, -0.15) is 0 Å². The zero-order valence-electron chi connectivity index (χ0n) is 21.6. The molecule has 0 aromatic heterocycles. The molecule has 0 aliphatic heterocycles. The van der Waals surface area contributed by atoms with Crippen molar-refractivity contribution in [3.8, 4) is 11.5 Å². The van der Waals surface area contributed by atoms with Gasteiger partial charge in [-0.1, -0.05) is 40.7 Å². The van der Waals surface area contributed by atoms with Gasteiger partial charge in [0.2, 0.25) is 0 Å². The van der Waals surface area contributed by atoms with Crippen molar-refractivity contribution in [1.29, 1.82) is 0 Å². The molecule has 0 heterocycles. The summed E-state index contributed by atoms with van der Waals surface area (Å²) in [6.07, 6.45) is 0.876. The first-order valence-corrected chi connectivity index (χ1v) is 12.1. The first-order valence-electron chi connectivity index (χ1n) is 12.1. The first kappa shape index (κ1) is 30.1. The number of carbonyl (C=O) groups excluding carboxylic acids is 4. The molecule has 2 atom stereocenters. The maximum absolute atomic E-state index is 12.3. The number of hydrogen-bond donors (Lipinski definition) is 1. The Labute approximate surface area is 207 Å². The van der Waals surface area contributed by atoms with Crippen LogP contribution in [0, 0.1) is 11.8 Å². The van der Waals surface area contributed by atoms with Crippen molar-refractivity contribution in [1.82, 2.24) is 0 Å². The number of nitrogens with two attached hydrogens (primary N) is 1. The third kappa shape index (κ3) is 12.4. The molecule has 0 radical (unpaired) electrons. The average Bonchev–Trinajstić information content (AvgIpc) is 2.72. The van der Waals surface area contributed by atoms with Gasteiger partial charge in [0.05, 0.1) is 0 Å². The number of ether oxygens (including phenoxy) is 4. The number of hydrogen-bond acceptors (Lipinski definition) is 9. The lowest BCUT2D eigenvalue weighted by molar-refractivity contribution is -0.158. The van der Waals surface area contributed by atoms with E-state index in [2.05, 4.69) is 0 Å². The van der Waals surface area contributed by atoms with E-state index in [1.165, 1.54) is 12.1 Å². The Hall–Kier alpha value is -2.94. The fourth-order valence-corrected chi connectivity index (χ4v) is 3.00. The molecule has 1 aromatic rings. The monoisotopic (exact) mass is 493 g/mol. The largest absolute Gasteiger partial charge is 0.461 e. The van der Waals surface area contributed by atoms with Crippen LogP contribution in [-0.2, 0) is 35.1 Å². The van der Waals surface area contributed by atoms with Crippen molar-refractivity contribution in [3.05, 3.63) is 23.8 Å². The summed E-state index contributed by atoms with van der Waals surface area (Å²) in [5.41, 5.74) is 6.59. The van der Waals surface area contributed by atoms with Gasteiger partial charge in [-0.3, -0.25) is 19.2 Å². The highest BCUT2D eigenvalue weighted by Crippen LogP contribution is 2.30. The topological polar surface area (TPSA) is 131 Å². The van der Waals surface area contributed by atoms with Crippen molar-refractivity contribution in [2.45, 2.75) is 85.8 Å². The van der Waals surface area contributed by atoms with E-state index < -0.39 is 30.1 Å². The lowest BCUT2D eigenvalue weighted by Gasteiger charge is -2.17. The predicted octanol–water partition coefficient (Wildman–Crippen LogP) is 3.73. The minimum atomic E-state index is -0.998. The van der Waals surface area contributed by atoms with Crippen molar-refractivity contribution in [2.24, 2.45) is 17.6 Å². The minimum Gasteiger partial charge on any atom is -0.461 e. The summed E-state index contributed by atoms with van der Waals surface area (Å²) < 4.78 is 21.2. The molecule has 9 heteroatoms. The summed E-state index contributed by atoms with van der Waals surface area (Å²) in [5.74, 6) is -1.52. The van der Waals surface area contributed by atoms with E-state index in [4.69, 9.17) is 24.7 Å². The molecule has 9 nitrogen and oxygen atoms in total. The molecule has 0 aliphatic carbocycles. The number of rotatable bonds is 14. The maximum atomic E-state index is 12.3. The molecule has 0 spiro atoms. The van der Waals surface area contributed by atoms with Crippen LogP contribution >= 0.6 is 0 Å². The summed E-state index contributed by atoms with van der Waals surface area (Å²) in [6.45, 7) is 10.9. The lowest BCUT2D eigenvalue weighted by Crippen LogP contribution is -2.36. The smallest absolute Gasteiger partial charge is 0.323 e. The highest BCUT2D eigenvalue weighted by Gasteiger charge is 2.21. The summed E-state index contributed by atoms with van der Waals surface area (Å²) in [4.78, 5) is 48.2. The van der Waals surface area contributed by atoms with Crippen LogP contribution in [0.25, 0.3) is 0 Å². The number of benzene rings is 1. The standard InChI is InChI=1S/C26H39NO8/c1-7-8-23(28)33-18(6)15-32-26(31)20(27)13-19-9-10-21(34-24(29)11-16(2)3)22(14-19)35-25(30)12-17(4)5/h9-10,14,16-18,20H,7-8,11-13,15,27H2,1-6H3/t18-,20-/m0/s1. The fourth-order valence-electron chi connectivity index (χ4n) is 3.00. The molecule has 0 saturated heterocycles. The van der Waals surface area contributed by atoms with Gasteiger partial charge in [-0.05, 0) is 49.3 Å². The Bertz CT molecular complexity index is 865. The molecule has 0 aliphatic rings. The highest BCUT2D eigenvalue weighted by atomic mass is 16.6. The van der Waals surface area contributed by atoms with E-state index in [0.29, 0.717) is 18.4 Å². The van der Waals surface area contributed by atoms with Crippen LogP contribution in [0.15, 0.2) is 18.2 Å². The fraction of sp³-hybridized carbons (Fsp3) is 0.615. The Balaban J connectivity index is 2.86. The summed E-state index contributed by atoms with van der Waals surface area (Å²) in [5, 5.41) is 0. The van der Waals surface area contributed by atoms with Gasteiger partial charge in [-0.15, -0.1) is 0 Å². The normalized spacial score (nSPS) is 12.7. The Morgan fingerprint density at radius 1 is 0.857 bits per heavy atom. The second-order valence-corrected chi connectivity index (χ2v) is 9.42. The quantitative estimate of drug-likeness (QED) is 0.304.